The molecular formula is C29H44N4O7S. The summed E-state index contributed by atoms with van der Waals surface area (Å²) in [6, 6.07) is 4.20. The van der Waals surface area contributed by atoms with Gasteiger partial charge in [0.2, 0.25) is 11.8 Å². The summed E-state index contributed by atoms with van der Waals surface area (Å²) in [5.41, 5.74) is 5.05. The topological polar surface area (TPSA) is 166 Å². The molecule has 0 unspecified atom stereocenters. The number of esters is 2. The van der Waals surface area contributed by atoms with Crippen LogP contribution in [0.2, 0.25) is 0 Å². The molecule has 5 N–H and O–H groups in total. The number of amides is 3. The third kappa shape index (κ3) is 14.1. The summed E-state index contributed by atoms with van der Waals surface area (Å²) in [5, 5.41) is 7.89. The highest BCUT2D eigenvalue weighted by Crippen LogP contribution is 2.14. The van der Waals surface area contributed by atoms with Crippen LogP contribution in [0.3, 0.4) is 0 Å². The minimum Gasteiger partial charge on any atom is -0.460 e. The maximum absolute atomic E-state index is 13.2. The van der Waals surface area contributed by atoms with Crippen LogP contribution in [0, 0.1) is 5.92 Å². The van der Waals surface area contributed by atoms with E-state index in [2.05, 4.69) is 16.0 Å². The lowest BCUT2D eigenvalue weighted by Crippen LogP contribution is -2.55. The van der Waals surface area contributed by atoms with Gasteiger partial charge >= 0.3 is 11.9 Å². The van der Waals surface area contributed by atoms with Crippen molar-refractivity contribution < 1.29 is 33.4 Å². The first-order valence-corrected chi connectivity index (χ1v) is 13.9. The molecule has 12 heteroatoms. The number of carbonyl (C=O) groups is 5. The highest BCUT2D eigenvalue weighted by atomic mass is 32.1. The highest BCUT2D eigenvalue weighted by molar-refractivity contribution is 7.80. The van der Waals surface area contributed by atoms with E-state index in [0.717, 1.165) is 0 Å². The first kappa shape index (κ1) is 35.5. The van der Waals surface area contributed by atoms with Gasteiger partial charge in [-0.1, -0.05) is 38.2 Å². The standard InChI is InChI=1S/C29H44N4O7S/c1-17(2)23(27(38)40-29(6,7)8)33-26(37)20(16-22(35)39-28(3,4)5)32-21(34)10-9-15-31-25(36)19-13-11-18(12-14-19)24(30)41/h11-14,17,20,23H,9-10,15-16H2,1-8H3,(H2,30,41)(H,31,36)(H,32,34)(H,33,37)/t20-,23-/m0/s1. The fraction of sp³-hybridized carbons (Fsp3) is 0.586. The van der Waals surface area contributed by atoms with Crippen molar-refractivity contribution in [3.8, 4) is 0 Å². The summed E-state index contributed by atoms with van der Waals surface area (Å²) in [6.45, 7) is 13.9. The smallest absolute Gasteiger partial charge is 0.329 e. The van der Waals surface area contributed by atoms with E-state index in [-0.39, 0.29) is 36.2 Å². The van der Waals surface area contributed by atoms with Gasteiger partial charge in [-0.25, -0.2) is 4.79 Å². The van der Waals surface area contributed by atoms with E-state index in [4.69, 9.17) is 27.4 Å². The predicted molar refractivity (Wildman–Crippen MR) is 159 cm³/mol. The molecule has 0 fully saturated rings. The van der Waals surface area contributed by atoms with Crippen LogP contribution in [0.5, 0.6) is 0 Å². The summed E-state index contributed by atoms with van der Waals surface area (Å²) >= 11 is 4.90. The fourth-order valence-electron chi connectivity index (χ4n) is 3.48. The number of carbonyl (C=O) groups excluding carboxylic acids is 5. The normalized spacial score (nSPS) is 13.0. The molecule has 0 aliphatic heterocycles. The minimum absolute atomic E-state index is 0.0293. The van der Waals surface area contributed by atoms with Crippen molar-refractivity contribution in [2.75, 3.05) is 6.54 Å². The van der Waals surface area contributed by atoms with Crippen LogP contribution < -0.4 is 21.7 Å². The number of benzene rings is 1. The first-order valence-electron chi connectivity index (χ1n) is 13.5. The number of nitrogens with two attached hydrogens (primary N) is 1. The van der Waals surface area contributed by atoms with E-state index < -0.39 is 53.5 Å². The number of ether oxygens (including phenoxy) is 2. The van der Waals surface area contributed by atoms with E-state index in [1.165, 1.54) is 0 Å². The molecule has 41 heavy (non-hydrogen) atoms. The van der Waals surface area contributed by atoms with Crippen LogP contribution in [-0.4, -0.2) is 64.5 Å². The zero-order valence-corrected chi connectivity index (χ0v) is 26.0. The van der Waals surface area contributed by atoms with Crippen molar-refractivity contribution in [1.82, 2.24) is 16.0 Å². The van der Waals surface area contributed by atoms with E-state index in [1.807, 2.05) is 0 Å². The monoisotopic (exact) mass is 592 g/mol. The Kier molecular flexibility index (Phi) is 13.4. The molecule has 1 aromatic carbocycles. The molecule has 0 aliphatic carbocycles. The molecule has 1 rings (SSSR count). The molecule has 0 spiro atoms. The second kappa shape index (κ2) is 15.5. The third-order valence-corrected chi connectivity index (χ3v) is 5.60. The molecule has 228 valence electrons. The van der Waals surface area contributed by atoms with Gasteiger partial charge in [-0.15, -0.1) is 0 Å². The average Bonchev–Trinajstić information content (AvgIpc) is 2.81. The Morgan fingerprint density at radius 3 is 1.90 bits per heavy atom. The lowest BCUT2D eigenvalue weighted by molar-refractivity contribution is -0.160. The van der Waals surface area contributed by atoms with Crippen molar-refractivity contribution in [1.29, 1.82) is 0 Å². The summed E-state index contributed by atoms with van der Waals surface area (Å²) in [6.07, 6.45) is -0.193. The van der Waals surface area contributed by atoms with Crippen molar-refractivity contribution in [3.63, 3.8) is 0 Å². The number of hydrogen-bond donors (Lipinski definition) is 4. The van der Waals surface area contributed by atoms with E-state index in [9.17, 15) is 24.0 Å². The van der Waals surface area contributed by atoms with Crippen molar-refractivity contribution >= 4 is 46.9 Å². The largest absolute Gasteiger partial charge is 0.460 e. The van der Waals surface area contributed by atoms with Crippen molar-refractivity contribution in [2.24, 2.45) is 11.7 Å². The Balaban J connectivity index is 2.83. The molecular weight excluding hydrogens is 548 g/mol. The molecule has 0 bridgehead atoms. The zero-order chi connectivity index (χ0) is 31.5. The second-order valence-electron chi connectivity index (χ2n) is 12.0. The molecule has 11 nitrogen and oxygen atoms in total. The second-order valence-corrected chi connectivity index (χ2v) is 12.4. The predicted octanol–water partition coefficient (Wildman–Crippen LogP) is 2.53. The molecule has 3 amide bonds. The summed E-state index contributed by atoms with van der Waals surface area (Å²) in [4.78, 5) is 63.7. The van der Waals surface area contributed by atoms with Gasteiger partial charge in [-0.3, -0.25) is 19.2 Å². The quantitative estimate of drug-likeness (QED) is 0.153. The van der Waals surface area contributed by atoms with Crippen LogP contribution in [-0.2, 0) is 28.7 Å². The van der Waals surface area contributed by atoms with E-state index in [0.29, 0.717) is 11.1 Å². The Morgan fingerprint density at radius 1 is 0.878 bits per heavy atom. The molecule has 0 aliphatic rings. The van der Waals surface area contributed by atoms with Gasteiger partial charge in [0.25, 0.3) is 5.91 Å². The SMILES string of the molecule is CC(C)[C@H](NC(=O)[C@H](CC(=O)OC(C)(C)C)NC(=O)CCCNC(=O)c1ccc(C(N)=S)cc1)C(=O)OC(C)(C)C. The van der Waals surface area contributed by atoms with Gasteiger partial charge in [0.05, 0.1) is 6.42 Å². The van der Waals surface area contributed by atoms with Gasteiger partial charge < -0.3 is 31.2 Å². The maximum Gasteiger partial charge on any atom is 0.329 e. The lowest BCUT2D eigenvalue weighted by atomic mass is 10.0. The van der Waals surface area contributed by atoms with Gasteiger partial charge in [0, 0.05) is 24.1 Å². The molecule has 0 aromatic heterocycles. The third-order valence-electron chi connectivity index (χ3n) is 5.37. The van der Waals surface area contributed by atoms with Gasteiger partial charge in [-0.2, -0.15) is 0 Å². The van der Waals surface area contributed by atoms with Crippen LogP contribution in [0.15, 0.2) is 24.3 Å². The molecule has 0 saturated carbocycles. The molecule has 0 saturated heterocycles. The van der Waals surface area contributed by atoms with Gasteiger partial charge in [0.1, 0.15) is 28.3 Å². The number of hydrogen-bond acceptors (Lipinski definition) is 8. The summed E-state index contributed by atoms with van der Waals surface area (Å²) in [7, 11) is 0. The first-order chi connectivity index (χ1) is 18.8. The van der Waals surface area contributed by atoms with E-state index >= 15 is 0 Å². The van der Waals surface area contributed by atoms with Crippen LogP contribution in [0.4, 0.5) is 0 Å². The number of rotatable bonds is 13. The molecule has 0 heterocycles. The average molecular weight is 593 g/mol. The van der Waals surface area contributed by atoms with Gasteiger partial charge in [-0.05, 0) is 66.0 Å². The van der Waals surface area contributed by atoms with E-state index in [1.54, 1.807) is 79.7 Å². The van der Waals surface area contributed by atoms with Crippen LogP contribution >= 0.6 is 12.2 Å². The molecule has 2 atom stereocenters. The fourth-order valence-corrected chi connectivity index (χ4v) is 3.62. The van der Waals surface area contributed by atoms with Crippen LogP contribution in [0.1, 0.15) is 90.6 Å². The molecule has 1 aromatic rings. The summed E-state index contributed by atoms with van der Waals surface area (Å²) < 4.78 is 10.8. The minimum atomic E-state index is -1.29. The Labute approximate surface area is 247 Å². The summed E-state index contributed by atoms with van der Waals surface area (Å²) in [5.74, 6) is -3.20. The molecule has 0 radical (unpaired) electrons. The van der Waals surface area contributed by atoms with Gasteiger partial charge in [0.15, 0.2) is 0 Å². The van der Waals surface area contributed by atoms with Crippen molar-refractivity contribution in [3.05, 3.63) is 35.4 Å². The lowest BCUT2D eigenvalue weighted by Gasteiger charge is -2.28. The Morgan fingerprint density at radius 2 is 1.41 bits per heavy atom. The Bertz CT molecular complexity index is 1110. The highest BCUT2D eigenvalue weighted by Gasteiger charge is 2.33. The maximum atomic E-state index is 13.2. The number of thiocarbonyl (C=S) groups is 1. The Hall–Kier alpha value is -3.54. The van der Waals surface area contributed by atoms with Crippen LogP contribution in [0.25, 0.3) is 0 Å². The number of nitrogens with one attached hydrogen (secondary N) is 3. The zero-order valence-electron chi connectivity index (χ0n) is 25.2. The van der Waals surface area contributed by atoms with Crippen molar-refractivity contribution in [2.45, 2.75) is 97.9 Å².